The van der Waals surface area contributed by atoms with E-state index in [1.807, 2.05) is 18.2 Å². The zero-order valence-electron chi connectivity index (χ0n) is 9.98. The van der Waals surface area contributed by atoms with Crippen molar-refractivity contribution in [3.63, 3.8) is 0 Å². The molecule has 1 aromatic carbocycles. The summed E-state index contributed by atoms with van der Waals surface area (Å²) in [5.74, 6) is 3.87. The lowest BCUT2D eigenvalue weighted by Crippen LogP contribution is -2.20. The molecule has 1 aromatic rings. The monoisotopic (exact) mass is 242 g/mol. The predicted octanol–water partition coefficient (Wildman–Crippen LogP) is 1.64. The molecule has 1 heterocycles. The van der Waals surface area contributed by atoms with Gasteiger partial charge >= 0.3 is 0 Å². The van der Waals surface area contributed by atoms with Gasteiger partial charge in [-0.3, -0.25) is 5.32 Å². The van der Waals surface area contributed by atoms with Crippen molar-refractivity contribution in [1.82, 2.24) is 5.32 Å². The van der Waals surface area contributed by atoms with Crippen LogP contribution in [0.2, 0.25) is 0 Å². The largest absolute Gasteiger partial charge is 0.490 e. The fourth-order valence-corrected chi connectivity index (χ4v) is 1.76. The quantitative estimate of drug-likeness (QED) is 0.819. The van der Waals surface area contributed by atoms with Crippen LogP contribution in [0.5, 0.6) is 11.5 Å². The molecule has 0 aliphatic carbocycles. The SMILES string of the molecule is C#CCNC(C#N)c1ccc2c(c1)OCCCO2. The molecule has 1 aliphatic heterocycles. The van der Waals surface area contributed by atoms with Gasteiger partial charge < -0.3 is 9.47 Å². The minimum absolute atomic E-state index is 0.354. The molecule has 1 N–H and O–H groups in total. The van der Waals surface area contributed by atoms with Crippen LogP contribution < -0.4 is 14.8 Å². The molecule has 0 spiro atoms. The van der Waals surface area contributed by atoms with Crippen molar-refractivity contribution in [2.24, 2.45) is 0 Å². The number of fused-ring (bicyclic) bond motifs is 1. The Morgan fingerprint density at radius 2 is 2.11 bits per heavy atom. The second-order valence-electron chi connectivity index (χ2n) is 3.90. The van der Waals surface area contributed by atoms with E-state index in [0.29, 0.717) is 25.5 Å². The third kappa shape index (κ3) is 2.74. The van der Waals surface area contributed by atoms with Crippen molar-refractivity contribution in [3.05, 3.63) is 23.8 Å². The Kier molecular flexibility index (Phi) is 4.06. The fraction of sp³-hybridized carbons (Fsp3) is 0.357. The Balaban J connectivity index is 2.22. The second kappa shape index (κ2) is 5.95. The van der Waals surface area contributed by atoms with E-state index >= 15 is 0 Å². The minimum atomic E-state index is -0.432. The third-order valence-corrected chi connectivity index (χ3v) is 2.64. The zero-order valence-corrected chi connectivity index (χ0v) is 9.98. The second-order valence-corrected chi connectivity index (χ2v) is 3.90. The number of hydrogen-bond acceptors (Lipinski definition) is 4. The number of nitriles is 1. The van der Waals surface area contributed by atoms with Crippen LogP contribution in [-0.4, -0.2) is 19.8 Å². The average molecular weight is 242 g/mol. The lowest BCUT2D eigenvalue weighted by Gasteiger charge is -2.13. The first-order valence-electron chi connectivity index (χ1n) is 5.81. The van der Waals surface area contributed by atoms with E-state index in [9.17, 15) is 0 Å². The fourth-order valence-electron chi connectivity index (χ4n) is 1.76. The minimum Gasteiger partial charge on any atom is -0.490 e. The number of terminal acetylenes is 1. The maximum Gasteiger partial charge on any atom is 0.161 e. The molecule has 4 heteroatoms. The van der Waals surface area contributed by atoms with Gasteiger partial charge in [-0.05, 0) is 17.7 Å². The lowest BCUT2D eigenvalue weighted by molar-refractivity contribution is 0.297. The molecule has 18 heavy (non-hydrogen) atoms. The molecule has 92 valence electrons. The first-order valence-corrected chi connectivity index (χ1v) is 5.81. The number of benzene rings is 1. The van der Waals surface area contributed by atoms with Crippen molar-refractivity contribution >= 4 is 0 Å². The van der Waals surface area contributed by atoms with Crippen molar-refractivity contribution in [3.8, 4) is 29.9 Å². The zero-order chi connectivity index (χ0) is 12.8. The molecule has 0 aromatic heterocycles. The lowest BCUT2D eigenvalue weighted by atomic mass is 10.1. The van der Waals surface area contributed by atoms with E-state index in [1.54, 1.807) is 0 Å². The molecule has 1 aliphatic rings. The van der Waals surface area contributed by atoms with E-state index in [1.165, 1.54) is 0 Å². The summed E-state index contributed by atoms with van der Waals surface area (Å²) in [6, 6.07) is 7.26. The van der Waals surface area contributed by atoms with Gasteiger partial charge in [0.1, 0.15) is 6.04 Å². The maximum atomic E-state index is 9.11. The Morgan fingerprint density at radius 3 is 2.83 bits per heavy atom. The molecule has 4 nitrogen and oxygen atoms in total. The van der Waals surface area contributed by atoms with Gasteiger partial charge in [0, 0.05) is 6.42 Å². The van der Waals surface area contributed by atoms with Crippen LogP contribution >= 0.6 is 0 Å². The normalized spacial score (nSPS) is 15.0. The van der Waals surface area contributed by atoms with Crippen LogP contribution in [-0.2, 0) is 0 Å². The molecule has 2 rings (SSSR count). The first kappa shape index (κ1) is 12.3. The summed E-state index contributed by atoms with van der Waals surface area (Å²) >= 11 is 0. The highest BCUT2D eigenvalue weighted by Gasteiger charge is 2.15. The van der Waals surface area contributed by atoms with E-state index < -0.39 is 6.04 Å². The summed E-state index contributed by atoms with van der Waals surface area (Å²) in [6.07, 6.45) is 6.04. The number of hydrogen-bond donors (Lipinski definition) is 1. The molecule has 0 bridgehead atoms. The summed E-state index contributed by atoms with van der Waals surface area (Å²) in [5.41, 5.74) is 0.831. The van der Waals surface area contributed by atoms with Crippen LogP contribution in [0.4, 0.5) is 0 Å². The van der Waals surface area contributed by atoms with Gasteiger partial charge in [-0.2, -0.15) is 5.26 Å². The van der Waals surface area contributed by atoms with Gasteiger partial charge in [-0.15, -0.1) is 6.42 Å². The molecule has 0 amide bonds. The number of ether oxygens (including phenoxy) is 2. The summed E-state index contributed by atoms with van der Waals surface area (Å²) < 4.78 is 11.1. The number of nitrogens with zero attached hydrogens (tertiary/aromatic N) is 1. The van der Waals surface area contributed by atoms with E-state index in [-0.39, 0.29) is 0 Å². The summed E-state index contributed by atoms with van der Waals surface area (Å²) in [4.78, 5) is 0. The molecule has 0 fully saturated rings. The first-order chi connectivity index (χ1) is 8.85. The van der Waals surface area contributed by atoms with Crippen LogP contribution in [0.25, 0.3) is 0 Å². The van der Waals surface area contributed by atoms with Crippen molar-refractivity contribution in [1.29, 1.82) is 5.26 Å². The highest BCUT2D eigenvalue weighted by atomic mass is 16.5. The molecular formula is C14H14N2O2. The highest BCUT2D eigenvalue weighted by Crippen LogP contribution is 2.32. The van der Waals surface area contributed by atoms with E-state index in [0.717, 1.165) is 17.7 Å². The Labute approximate surface area is 107 Å². The number of rotatable bonds is 3. The van der Waals surface area contributed by atoms with Gasteiger partial charge in [0.2, 0.25) is 0 Å². The highest BCUT2D eigenvalue weighted by molar-refractivity contribution is 5.45. The van der Waals surface area contributed by atoms with Crippen LogP contribution in [0.1, 0.15) is 18.0 Å². The molecule has 0 saturated heterocycles. The predicted molar refractivity (Wildman–Crippen MR) is 67.2 cm³/mol. The van der Waals surface area contributed by atoms with Gasteiger partial charge in [0.05, 0.1) is 25.8 Å². The van der Waals surface area contributed by atoms with E-state index in [4.69, 9.17) is 21.2 Å². The maximum absolute atomic E-state index is 9.11. The van der Waals surface area contributed by atoms with Crippen molar-refractivity contribution in [2.45, 2.75) is 12.5 Å². The summed E-state index contributed by atoms with van der Waals surface area (Å²) in [5, 5.41) is 12.1. The van der Waals surface area contributed by atoms with Crippen LogP contribution in [0.15, 0.2) is 18.2 Å². The molecule has 1 atom stereocenters. The Hall–Kier alpha value is -2.17. The van der Waals surface area contributed by atoms with Crippen molar-refractivity contribution in [2.75, 3.05) is 19.8 Å². The van der Waals surface area contributed by atoms with Crippen LogP contribution in [0.3, 0.4) is 0 Å². The molecule has 1 unspecified atom stereocenters. The molecular weight excluding hydrogens is 228 g/mol. The summed E-state index contributed by atoms with van der Waals surface area (Å²) in [6.45, 7) is 1.64. The average Bonchev–Trinajstić information content (AvgIpc) is 2.64. The molecule has 0 radical (unpaired) electrons. The topological polar surface area (TPSA) is 54.3 Å². The van der Waals surface area contributed by atoms with Crippen molar-refractivity contribution < 1.29 is 9.47 Å². The smallest absolute Gasteiger partial charge is 0.161 e. The van der Waals surface area contributed by atoms with Gasteiger partial charge in [0.15, 0.2) is 11.5 Å². The van der Waals surface area contributed by atoms with E-state index in [2.05, 4.69) is 17.3 Å². The van der Waals surface area contributed by atoms with Crippen LogP contribution in [0, 0.1) is 23.7 Å². The van der Waals surface area contributed by atoms with Gasteiger partial charge in [0.25, 0.3) is 0 Å². The standard InChI is InChI=1S/C14H14N2O2/c1-2-6-16-12(10-15)11-4-5-13-14(9-11)18-8-3-7-17-13/h1,4-5,9,12,16H,3,6-8H2. The summed E-state index contributed by atoms with van der Waals surface area (Å²) in [7, 11) is 0. The number of nitrogens with one attached hydrogen (secondary N) is 1. The third-order valence-electron chi connectivity index (χ3n) is 2.64. The Morgan fingerprint density at radius 1 is 1.33 bits per heavy atom. The van der Waals surface area contributed by atoms with Gasteiger partial charge in [-0.25, -0.2) is 0 Å². The van der Waals surface area contributed by atoms with Gasteiger partial charge in [-0.1, -0.05) is 12.0 Å². The Bertz CT molecular complexity index is 499. The molecule has 0 saturated carbocycles.